The van der Waals surface area contributed by atoms with E-state index < -0.39 is 6.09 Å². The SMILES string of the molecule is CCC.CCC.COC(=O)CCC(=O)N1CCCC1.COC(=O)NCC(=O)N1CCCC1.c1cn2ccc(-c3ccc(-c4ccc5nc[nH]c5c4)cc3)cc2n1. The van der Waals surface area contributed by atoms with Gasteiger partial charge in [-0.15, -0.1) is 0 Å². The smallest absolute Gasteiger partial charge is 0.407 e. The number of carbonyl (C=O) groups is 4. The number of hydrogen-bond donors (Lipinski definition) is 2. The van der Waals surface area contributed by atoms with Crippen molar-refractivity contribution in [1.82, 2.24) is 34.5 Å². The van der Waals surface area contributed by atoms with Crippen LogP contribution < -0.4 is 5.32 Å². The monoisotopic (exact) mass is 769 g/mol. The number of methoxy groups -OCH3 is 2. The molecule has 5 heterocycles. The van der Waals surface area contributed by atoms with E-state index in [2.05, 4.69) is 106 Å². The highest BCUT2D eigenvalue weighted by molar-refractivity contribution is 5.83. The maximum Gasteiger partial charge on any atom is 0.407 e. The van der Waals surface area contributed by atoms with E-state index in [0.29, 0.717) is 0 Å². The molecule has 0 unspecified atom stereocenters. The van der Waals surface area contributed by atoms with Crippen LogP contribution in [0.1, 0.15) is 79.1 Å². The molecule has 2 aliphatic heterocycles. The summed E-state index contributed by atoms with van der Waals surface area (Å²) < 4.78 is 10.8. The Morgan fingerprint density at radius 2 is 1.23 bits per heavy atom. The van der Waals surface area contributed by atoms with E-state index in [-0.39, 0.29) is 37.2 Å². The molecule has 3 amide bonds. The number of H-pyrrole nitrogens is 1. The number of nitrogens with one attached hydrogen (secondary N) is 2. The summed E-state index contributed by atoms with van der Waals surface area (Å²) in [5.74, 6) is -0.279. The quantitative estimate of drug-likeness (QED) is 0.159. The third-order valence-electron chi connectivity index (χ3n) is 8.63. The van der Waals surface area contributed by atoms with Crippen LogP contribution in [-0.4, -0.2) is 100.0 Å². The lowest BCUT2D eigenvalue weighted by Gasteiger charge is -2.14. The number of aromatic nitrogens is 4. The summed E-state index contributed by atoms with van der Waals surface area (Å²) in [6.07, 6.45) is 14.2. The molecule has 56 heavy (non-hydrogen) atoms. The van der Waals surface area contributed by atoms with Crippen molar-refractivity contribution in [2.45, 2.75) is 79.1 Å². The van der Waals surface area contributed by atoms with Crippen molar-refractivity contribution in [3.05, 3.63) is 79.5 Å². The summed E-state index contributed by atoms with van der Waals surface area (Å²) in [5, 5.41) is 2.36. The van der Waals surface area contributed by atoms with Crippen molar-refractivity contribution in [3.63, 3.8) is 0 Å². The second-order valence-electron chi connectivity index (χ2n) is 13.3. The molecule has 2 aromatic carbocycles. The molecule has 0 bridgehead atoms. The molecule has 302 valence electrons. The van der Waals surface area contributed by atoms with Gasteiger partial charge in [-0.05, 0) is 72.2 Å². The number of likely N-dealkylation sites (tertiary alicyclic amines) is 2. The van der Waals surface area contributed by atoms with Gasteiger partial charge in [0.15, 0.2) is 0 Å². The lowest BCUT2D eigenvalue weighted by Crippen LogP contribution is -2.38. The number of pyridine rings is 1. The van der Waals surface area contributed by atoms with E-state index in [1.54, 1.807) is 11.2 Å². The van der Waals surface area contributed by atoms with Crippen LogP contribution in [0.25, 0.3) is 38.9 Å². The first-order valence-corrected chi connectivity index (χ1v) is 19.6. The standard InChI is InChI=1S/C20H14N4.C9H15NO3.C8H14N2O3.2C3H8/c1-3-15(17-7-9-24-10-8-21-20(24)12-17)4-2-14(1)16-5-6-18-19(11-16)23-13-22-18;1-13-9(12)5-4-8(11)10-6-2-3-7-10;1-13-8(12)9-6-7(11)10-4-2-3-5-10;2*1-3-2/h1-13H,(H,22,23);2-7H2,1H3;2-6H2,1H3,(H,9,12);2*3H2,1-2H3. The van der Waals surface area contributed by atoms with Gasteiger partial charge in [-0.1, -0.05) is 70.9 Å². The van der Waals surface area contributed by atoms with Crippen molar-refractivity contribution >= 4 is 40.6 Å². The topological polar surface area (TPSA) is 151 Å². The number of benzene rings is 2. The van der Waals surface area contributed by atoms with E-state index in [4.69, 9.17) is 0 Å². The molecule has 2 N–H and O–H groups in total. The Morgan fingerprint density at radius 3 is 1.80 bits per heavy atom. The Labute approximate surface area is 330 Å². The van der Waals surface area contributed by atoms with Crippen LogP contribution >= 0.6 is 0 Å². The highest BCUT2D eigenvalue weighted by Crippen LogP contribution is 2.27. The van der Waals surface area contributed by atoms with Crippen LogP contribution in [0.5, 0.6) is 0 Å². The fourth-order valence-corrected chi connectivity index (χ4v) is 5.79. The summed E-state index contributed by atoms with van der Waals surface area (Å²) in [6.45, 7) is 11.8. The summed E-state index contributed by atoms with van der Waals surface area (Å²) in [7, 11) is 2.61. The minimum atomic E-state index is -0.562. The largest absolute Gasteiger partial charge is 0.469 e. The number of imidazole rings is 2. The Kier molecular flexibility index (Phi) is 19.7. The number of rotatable bonds is 7. The average Bonchev–Trinajstić information content (AvgIpc) is 4.07. The van der Waals surface area contributed by atoms with Crippen molar-refractivity contribution in [2.24, 2.45) is 0 Å². The summed E-state index contributed by atoms with van der Waals surface area (Å²) in [4.78, 5) is 59.4. The highest BCUT2D eigenvalue weighted by Gasteiger charge is 2.19. The number of ether oxygens (including phenoxy) is 2. The van der Waals surface area contributed by atoms with Gasteiger partial charge in [0, 0.05) is 51.2 Å². The number of fused-ring (bicyclic) bond motifs is 2. The van der Waals surface area contributed by atoms with Crippen molar-refractivity contribution in [2.75, 3.05) is 46.9 Å². The predicted molar refractivity (Wildman–Crippen MR) is 221 cm³/mol. The molecule has 2 saturated heterocycles. The summed E-state index contributed by atoms with van der Waals surface area (Å²) in [5.41, 5.74) is 7.74. The molecular formula is C43H59N7O6. The number of aromatic amines is 1. The number of carbonyl (C=O) groups excluding carboxylic acids is 4. The van der Waals surface area contributed by atoms with E-state index in [9.17, 15) is 19.2 Å². The first-order chi connectivity index (χ1) is 27.2. The van der Waals surface area contributed by atoms with E-state index in [0.717, 1.165) is 68.5 Å². The molecule has 0 aliphatic carbocycles. The van der Waals surface area contributed by atoms with Gasteiger partial charge < -0.3 is 34.0 Å². The summed E-state index contributed by atoms with van der Waals surface area (Å²) >= 11 is 0. The van der Waals surface area contributed by atoms with E-state index in [1.807, 2.05) is 34.0 Å². The molecule has 7 rings (SSSR count). The van der Waals surface area contributed by atoms with Crippen LogP contribution in [0.3, 0.4) is 0 Å². The molecule has 13 heteroatoms. The van der Waals surface area contributed by atoms with E-state index in [1.165, 1.54) is 49.3 Å². The normalized spacial score (nSPS) is 12.8. The third kappa shape index (κ3) is 14.5. The molecular weight excluding hydrogens is 711 g/mol. The van der Waals surface area contributed by atoms with E-state index >= 15 is 0 Å². The zero-order valence-electron chi connectivity index (χ0n) is 33.9. The third-order valence-corrected chi connectivity index (χ3v) is 8.63. The van der Waals surface area contributed by atoms with Crippen molar-refractivity contribution < 1.29 is 28.7 Å². The van der Waals surface area contributed by atoms with Gasteiger partial charge in [-0.25, -0.2) is 14.8 Å². The Balaban J connectivity index is 0.000000225. The van der Waals surface area contributed by atoms with Gasteiger partial charge in [-0.2, -0.15) is 0 Å². The number of amides is 3. The van der Waals surface area contributed by atoms with Crippen molar-refractivity contribution in [3.8, 4) is 22.3 Å². The lowest BCUT2D eigenvalue weighted by atomic mass is 10.0. The van der Waals surface area contributed by atoms with Crippen LogP contribution in [0, 0.1) is 0 Å². The average molecular weight is 770 g/mol. The van der Waals surface area contributed by atoms with Gasteiger partial charge in [-0.3, -0.25) is 14.4 Å². The molecule has 13 nitrogen and oxygen atoms in total. The fraction of sp³-hybridized carbons (Fsp3) is 0.442. The Morgan fingerprint density at radius 1 is 0.679 bits per heavy atom. The molecule has 3 aromatic heterocycles. The Bertz CT molecular complexity index is 1790. The number of nitrogens with zero attached hydrogens (tertiary/aromatic N) is 5. The first kappa shape index (κ1) is 44.7. The number of esters is 1. The lowest BCUT2D eigenvalue weighted by molar-refractivity contribution is -0.143. The first-order valence-electron chi connectivity index (χ1n) is 19.6. The van der Waals surface area contributed by atoms with Gasteiger partial charge in [0.25, 0.3) is 0 Å². The molecule has 0 saturated carbocycles. The molecule has 2 fully saturated rings. The predicted octanol–water partition coefficient (Wildman–Crippen LogP) is 7.90. The fourth-order valence-electron chi connectivity index (χ4n) is 5.79. The van der Waals surface area contributed by atoms with Gasteiger partial charge in [0.05, 0.1) is 38.0 Å². The Hall–Kier alpha value is -5.72. The van der Waals surface area contributed by atoms with Gasteiger partial charge in [0.1, 0.15) is 12.2 Å². The second kappa shape index (κ2) is 24.6. The molecule has 0 spiro atoms. The maximum absolute atomic E-state index is 11.4. The zero-order chi connectivity index (χ0) is 40.7. The minimum absolute atomic E-state index is 0.0344. The number of alkyl carbamates (subject to hydrolysis) is 1. The van der Waals surface area contributed by atoms with Gasteiger partial charge in [0.2, 0.25) is 11.8 Å². The van der Waals surface area contributed by atoms with Crippen molar-refractivity contribution in [1.29, 1.82) is 0 Å². The molecule has 0 radical (unpaired) electrons. The van der Waals surface area contributed by atoms with Crippen LogP contribution in [-0.2, 0) is 23.9 Å². The molecule has 5 aromatic rings. The van der Waals surface area contributed by atoms with Crippen LogP contribution in [0.2, 0.25) is 0 Å². The van der Waals surface area contributed by atoms with Crippen LogP contribution in [0.15, 0.2) is 79.5 Å². The molecule has 0 atom stereocenters. The highest BCUT2D eigenvalue weighted by atomic mass is 16.5. The summed E-state index contributed by atoms with van der Waals surface area (Å²) in [6, 6.07) is 19.1. The molecule has 2 aliphatic rings. The zero-order valence-corrected chi connectivity index (χ0v) is 33.9. The van der Waals surface area contributed by atoms with Crippen LogP contribution in [0.4, 0.5) is 4.79 Å². The minimum Gasteiger partial charge on any atom is -0.469 e. The van der Waals surface area contributed by atoms with Gasteiger partial charge >= 0.3 is 12.1 Å². The number of hydrogen-bond acceptors (Lipinski definition) is 8. The maximum atomic E-state index is 11.4. The second-order valence-corrected chi connectivity index (χ2v) is 13.3.